The third-order valence-corrected chi connectivity index (χ3v) is 4.17. The Morgan fingerprint density at radius 2 is 1.67 bits per heavy atom. The van der Waals surface area contributed by atoms with Crippen LogP contribution >= 0.6 is 31.9 Å². The number of aromatic amines is 2. The molecule has 0 unspecified atom stereocenters. The van der Waals surface area contributed by atoms with Gasteiger partial charge in [0.25, 0.3) is 0 Å². The maximum Gasteiger partial charge on any atom is 0.323 e. The largest absolute Gasteiger partial charge is 0.323 e. The Balaban J connectivity index is 2.16. The second-order valence-electron chi connectivity index (χ2n) is 4.41. The SMILES string of the molecule is O=C(c1ccc(Br)cc1F)c1cc2[nH]c(=O)[nH]c2cc1Br. The molecule has 3 rings (SSSR count). The van der Waals surface area contributed by atoms with Crippen molar-refractivity contribution in [3.05, 3.63) is 66.7 Å². The number of carbonyl (C=O) groups is 1. The molecule has 2 N–H and O–H groups in total. The molecule has 106 valence electrons. The molecular formula is C14H7Br2FN2O2. The van der Waals surface area contributed by atoms with Crippen molar-refractivity contribution < 1.29 is 9.18 Å². The summed E-state index contributed by atoms with van der Waals surface area (Å²) in [7, 11) is 0. The first-order valence-corrected chi connectivity index (χ1v) is 7.45. The van der Waals surface area contributed by atoms with E-state index in [9.17, 15) is 14.0 Å². The van der Waals surface area contributed by atoms with Crippen LogP contribution < -0.4 is 5.69 Å². The monoisotopic (exact) mass is 412 g/mol. The molecule has 0 aliphatic heterocycles. The maximum atomic E-state index is 13.9. The van der Waals surface area contributed by atoms with E-state index in [0.717, 1.165) is 0 Å². The van der Waals surface area contributed by atoms with Crippen LogP contribution in [0.4, 0.5) is 4.39 Å². The predicted molar refractivity (Wildman–Crippen MR) is 84.2 cm³/mol. The normalized spacial score (nSPS) is 11.0. The van der Waals surface area contributed by atoms with E-state index in [0.29, 0.717) is 20.0 Å². The molecule has 0 radical (unpaired) electrons. The number of ketones is 1. The second-order valence-corrected chi connectivity index (χ2v) is 6.18. The van der Waals surface area contributed by atoms with Gasteiger partial charge in [-0.25, -0.2) is 9.18 Å². The maximum absolute atomic E-state index is 13.9. The molecule has 2 aromatic carbocycles. The van der Waals surface area contributed by atoms with E-state index in [4.69, 9.17) is 0 Å². The molecule has 0 aliphatic rings. The fourth-order valence-corrected chi connectivity index (χ4v) is 2.91. The molecule has 0 fully saturated rings. The van der Waals surface area contributed by atoms with Crippen molar-refractivity contribution in [2.75, 3.05) is 0 Å². The fraction of sp³-hybridized carbons (Fsp3) is 0. The van der Waals surface area contributed by atoms with Crippen LogP contribution in [-0.2, 0) is 0 Å². The van der Waals surface area contributed by atoms with Crippen LogP contribution in [0.3, 0.4) is 0 Å². The number of carbonyl (C=O) groups excluding carboxylic acids is 1. The van der Waals surface area contributed by atoms with Crippen molar-refractivity contribution in [3.8, 4) is 0 Å². The Hall–Kier alpha value is -1.73. The number of benzene rings is 2. The second kappa shape index (κ2) is 5.23. The first kappa shape index (κ1) is 14.2. The third-order valence-electron chi connectivity index (χ3n) is 3.02. The molecule has 0 saturated heterocycles. The quantitative estimate of drug-likeness (QED) is 0.628. The Morgan fingerprint density at radius 1 is 1.00 bits per heavy atom. The van der Waals surface area contributed by atoms with E-state index in [2.05, 4.69) is 41.8 Å². The third kappa shape index (κ3) is 2.58. The van der Waals surface area contributed by atoms with Gasteiger partial charge in [0, 0.05) is 14.5 Å². The summed E-state index contributed by atoms with van der Waals surface area (Å²) in [6.45, 7) is 0. The standard InChI is InChI=1S/C14H7Br2FN2O2/c15-6-1-2-7(10(17)3-6)13(20)8-4-11-12(5-9(8)16)19-14(21)18-11/h1-5H,(H2,18,19,21). The van der Waals surface area contributed by atoms with Crippen LogP contribution in [0.5, 0.6) is 0 Å². The van der Waals surface area contributed by atoms with Crippen LogP contribution in [0.25, 0.3) is 11.0 Å². The van der Waals surface area contributed by atoms with E-state index in [1.807, 2.05) is 0 Å². The Morgan fingerprint density at radius 3 is 2.33 bits per heavy atom. The highest BCUT2D eigenvalue weighted by molar-refractivity contribution is 9.10. The summed E-state index contributed by atoms with van der Waals surface area (Å²) in [5.41, 5.74) is 0.940. The number of imidazole rings is 1. The molecule has 0 amide bonds. The molecular weight excluding hydrogens is 407 g/mol. The molecule has 1 aromatic heterocycles. The van der Waals surface area contributed by atoms with Crippen molar-refractivity contribution in [2.24, 2.45) is 0 Å². The summed E-state index contributed by atoms with van der Waals surface area (Å²) in [6.07, 6.45) is 0. The van der Waals surface area contributed by atoms with Gasteiger partial charge in [0.1, 0.15) is 5.82 Å². The number of halogens is 3. The fourth-order valence-electron chi connectivity index (χ4n) is 2.05. The Kier molecular flexibility index (Phi) is 3.54. The van der Waals surface area contributed by atoms with E-state index < -0.39 is 11.6 Å². The number of hydrogen-bond donors (Lipinski definition) is 2. The minimum atomic E-state index is -0.607. The molecule has 0 aliphatic carbocycles. The smallest absolute Gasteiger partial charge is 0.306 e. The summed E-state index contributed by atoms with van der Waals surface area (Å²) < 4.78 is 14.9. The summed E-state index contributed by atoms with van der Waals surface area (Å²) in [5.74, 6) is -1.07. The number of rotatable bonds is 2. The van der Waals surface area contributed by atoms with Gasteiger partial charge in [-0.05, 0) is 46.3 Å². The molecule has 7 heteroatoms. The average molecular weight is 414 g/mol. The van der Waals surface area contributed by atoms with E-state index in [-0.39, 0.29) is 16.8 Å². The highest BCUT2D eigenvalue weighted by atomic mass is 79.9. The summed E-state index contributed by atoms with van der Waals surface area (Å²) in [5, 5.41) is 0. The van der Waals surface area contributed by atoms with Crippen LogP contribution in [0.15, 0.2) is 44.1 Å². The lowest BCUT2D eigenvalue weighted by atomic mass is 10.0. The van der Waals surface area contributed by atoms with Gasteiger partial charge in [0.2, 0.25) is 0 Å². The number of hydrogen-bond acceptors (Lipinski definition) is 2. The van der Waals surface area contributed by atoms with Gasteiger partial charge in [-0.1, -0.05) is 15.9 Å². The van der Waals surface area contributed by atoms with Crippen LogP contribution in [0.2, 0.25) is 0 Å². The number of H-pyrrole nitrogens is 2. The molecule has 0 atom stereocenters. The lowest BCUT2D eigenvalue weighted by Crippen LogP contribution is -2.05. The van der Waals surface area contributed by atoms with Gasteiger partial charge in [-0.3, -0.25) is 4.79 Å². The zero-order chi connectivity index (χ0) is 15.1. The van der Waals surface area contributed by atoms with Gasteiger partial charge in [-0.2, -0.15) is 0 Å². The molecule has 1 heterocycles. The zero-order valence-electron chi connectivity index (χ0n) is 10.3. The number of nitrogens with one attached hydrogen (secondary N) is 2. The van der Waals surface area contributed by atoms with Crippen LogP contribution in [0.1, 0.15) is 15.9 Å². The lowest BCUT2D eigenvalue weighted by Gasteiger charge is -2.06. The first-order valence-electron chi connectivity index (χ1n) is 5.87. The Bertz CT molecular complexity index is 930. The van der Waals surface area contributed by atoms with E-state index >= 15 is 0 Å². The molecule has 21 heavy (non-hydrogen) atoms. The zero-order valence-corrected chi connectivity index (χ0v) is 13.5. The van der Waals surface area contributed by atoms with E-state index in [1.54, 1.807) is 12.1 Å². The topological polar surface area (TPSA) is 65.7 Å². The minimum Gasteiger partial charge on any atom is -0.306 e. The predicted octanol–water partition coefficient (Wildman–Crippen LogP) is 3.75. The molecule has 0 saturated carbocycles. The molecule has 3 aromatic rings. The first-order chi connectivity index (χ1) is 9.95. The summed E-state index contributed by atoms with van der Waals surface area (Å²) >= 11 is 6.42. The van der Waals surface area contributed by atoms with Gasteiger partial charge in [0.05, 0.1) is 16.6 Å². The molecule has 4 nitrogen and oxygen atoms in total. The van der Waals surface area contributed by atoms with Crippen molar-refractivity contribution in [2.45, 2.75) is 0 Å². The Labute approximate surface area is 134 Å². The highest BCUT2D eigenvalue weighted by Crippen LogP contribution is 2.26. The van der Waals surface area contributed by atoms with Gasteiger partial charge in [-0.15, -0.1) is 0 Å². The number of fused-ring (bicyclic) bond motifs is 1. The van der Waals surface area contributed by atoms with Crippen molar-refractivity contribution in [3.63, 3.8) is 0 Å². The molecule has 0 bridgehead atoms. The van der Waals surface area contributed by atoms with Crippen LogP contribution in [0, 0.1) is 5.82 Å². The summed E-state index contributed by atoms with van der Waals surface area (Å²) in [6, 6.07) is 7.37. The van der Waals surface area contributed by atoms with Gasteiger partial charge < -0.3 is 9.97 Å². The van der Waals surface area contributed by atoms with Crippen molar-refractivity contribution in [1.82, 2.24) is 9.97 Å². The van der Waals surface area contributed by atoms with Crippen LogP contribution in [-0.4, -0.2) is 15.8 Å². The lowest BCUT2D eigenvalue weighted by molar-refractivity contribution is 0.103. The highest BCUT2D eigenvalue weighted by Gasteiger charge is 2.18. The van der Waals surface area contributed by atoms with Crippen molar-refractivity contribution >= 4 is 48.7 Å². The minimum absolute atomic E-state index is 0.0314. The van der Waals surface area contributed by atoms with Crippen molar-refractivity contribution in [1.29, 1.82) is 0 Å². The number of aromatic nitrogens is 2. The average Bonchev–Trinajstić information content (AvgIpc) is 2.76. The summed E-state index contributed by atoms with van der Waals surface area (Å²) in [4.78, 5) is 28.9. The van der Waals surface area contributed by atoms with Gasteiger partial charge >= 0.3 is 5.69 Å². The van der Waals surface area contributed by atoms with Gasteiger partial charge in [0.15, 0.2) is 5.78 Å². The van der Waals surface area contributed by atoms with E-state index in [1.165, 1.54) is 18.2 Å². The molecule has 0 spiro atoms.